The molecule has 0 saturated heterocycles. The number of imidazole rings is 1. The molecule has 8 nitrogen and oxygen atoms in total. The Kier molecular flexibility index (Phi) is 7.16. The van der Waals surface area contributed by atoms with Crippen LogP contribution in [-0.2, 0) is 18.5 Å². The third-order valence-electron chi connectivity index (χ3n) is 2.88. The Balaban J connectivity index is 0.00000361. The average Bonchev–Trinajstić information content (AvgIpc) is 2.67. The summed E-state index contributed by atoms with van der Waals surface area (Å²) in [6, 6.07) is 0. The van der Waals surface area contributed by atoms with Gasteiger partial charge in [-0.05, 0) is 0 Å². The van der Waals surface area contributed by atoms with Crippen molar-refractivity contribution >= 4 is 6.21 Å². The van der Waals surface area contributed by atoms with Gasteiger partial charge < -0.3 is 22.4 Å². The smallest absolute Gasteiger partial charge is 0.305 e. The van der Waals surface area contributed by atoms with Gasteiger partial charge in [0.25, 0.3) is 0 Å². The van der Waals surface area contributed by atoms with Crippen LogP contribution >= 0.6 is 0 Å². The SMILES string of the molecule is C[n+]1ccn(COCCC(C)(C)[N+](=O)[O-])c1/C=N\O.[Cl-]. The summed E-state index contributed by atoms with van der Waals surface area (Å²) >= 11 is 0. The normalized spacial score (nSPS) is 11.6. The molecule has 0 radical (unpaired) electrons. The van der Waals surface area contributed by atoms with Crippen LogP contribution in [0.4, 0.5) is 0 Å². The number of nitrogens with zero attached hydrogens (tertiary/aromatic N) is 4. The minimum Gasteiger partial charge on any atom is -1.00 e. The predicted octanol–water partition coefficient (Wildman–Crippen LogP) is -2.46. The Bertz CT molecular complexity index is 473. The van der Waals surface area contributed by atoms with Gasteiger partial charge in [-0.3, -0.25) is 10.1 Å². The summed E-state index contributed by atoms with van der Waals surface area (Å²) in [6.45, 7) is 3.66. The standard InChI is InChI=1S/C11H18N4O4.ClH/c1-11(2,15(17)18)4-7-19-9-14-6-5-13(3)10(14)8-12-16;/h5-6,8H,4,7,9H2,1-3H3;1H. The zero-order valence-corrected chi connectivity index (χ0v) is 12.4. The second-order valence-electron chi connectivity index (χ2n) is 4.84. The Morgan fingerprint density at radius 3 is 2.85 bits per heavy atom. The van der Waals surface area contributed by atoms with Crippen LogP contribution in [0.5, 0.6) is 0 Å². The molecule has 0 aliphatic heterocycles. The van der Waals surface area contributed by atoms with E-state index < -0.39 is 5.54 Å². The molecular weight excluding hydrogens is 288 g/mol. The van der Waals surface area contributed by atoms with Crippen LogP contribution in [0, 0.1) is 10.1 Å². The molecule has 1 heterocycles. The maximum absolute atomic E-state index is 10.7. The predicted molar refractivity (Wildman–Crippen MR) is 66.6 cm³/mol. The highest BCUT2D eigenvalue weighted by Gasteiger charge is 2.30. The Morgan fingerprint density at radius 1 is 1.65 bits per heavy atom. The van der Waals surface area contributed by atoms with E-state index in [1.165, 1.54) is 6.21 Å². The van der Waals surface area contributed by atoms with Gasteiger partial charge in [-0.2, -0.15) is 0 Å². The highest BCUT2D eigenvalue weighted by Crippen LogP contribution is 2.12. The first kappa shape index (κ1) is 18.3. The number of oxime groups is 1. The number of nitro groups is 1. The van der Waals surface area contributed by atoms with Crippen molar-refractivity contribution in [3.05, 3.63) is 28.3 Å². The number of aryl methyl sites for hydroxylation is 1. The maximum Gasteiger partial charge on any atom is 0.305 e. The molecule has 1 aromatic heterocycles. The van der Waals surface area contributed by atoms with E-state index in [4.69, 9.17) is 9.94 Å². The van der Waals surface area contributed by atoms with Gasteiger partial charge >= 0.3 is 5.82 Å². The van der Waals surface area contributed by atoms with Gasteiger partial charge in [0, 0.05) is 25.2 Å². The van der Waals surface area contributed by atoms with Crippen molar-refractivity contribution < 1.29 is 31.8 Å². The third kappa shape index (κ3) is 4.78. The van der Waals surface area contributed by atoms with Gasteiger partial charge in [-0.25, -0.2) is 9.13 Å². The fraction of sp³-hybridized carbons (Fsp3) is 0.636. The topological polar surface area (TPSA) is 93.8 Å². The van der Waals surface area contributed by atoms with Gasteiger partial charge in [-0.1, -0.05) is 5.16 Å². The van der Waals surface area contributed by atoms with E-state index in [-0.39, 0.29) is 30.7 Å². The van der Waals surface area contributed by atoms with E-state index in [9.17, 15) is 10.1 Å². The number of rotatable bonds is 7. The molecule has 0 fully saturated rings. The molecule has 1 rings (SSSR count). The third-order valence-corrected chi connectivity index (χ3v) is 2.88. The van der Waals surface area contributed by atoms with Gasteiger partial charge in [-0.15, -0.1) is 0 Å². The van der Waals surface area contributed by atoms with Crippen LogP contribution < -0.4 is 17.0 Å². The van der Waals surface area contributed by atoms with Crippen LogP contribution in [0.25, 0.3) is 0 Å². The maximum atomic E-state index is 10.7. The van der Waals surface area contributed by atoms with E-state index in [2.05, 4.69) is 5.16 Å². The van der Waals surface area contributed by atoms with Crippen molar-refractivity contribution in [1.29, 1.82) is 0 Å². The molecule has 0 aliphatic carbocycles. The van der Waals surface area contributed by atoms with Gasteiger partial charge in [0.05, 0.1) is 13.7 Å². The Morgan fingerprint density at radius 2 is 2.30 bits per heavy atom. The number of aromatic nitrogens is 2. The summed E-state index contributed by atoms with van der Waals surface area (Å²) in [5.74, 6) is 0.663. The molecule has 0 bridgehead atoms. The van der Waals surface area contributed by atoms with Gasteiger partial charge in [0.2, 0.25) is 5.54 Å². The minimum atomic E-state index is -0.989. The van der Waals surface area contributed by atoms with Crippen LogP contribution in [0.15, 0.2) is 17.5 Å². The Hall–Kier alpha value is -1.67. The van der Waals surface area contributed by atoms with Crippen molar-refractivity contribution in [3.63, 3.8) is 0 Å². The molecule has 114 valence electrons. The lowest BCUT2D eigenvalue weighted by molar-refractivity contribution is -0.672. The van der Waals surface area contributed by atoms with E-state index >= 15 is 0 Å². The lowest BCUT2D eigenvalue weighted by Crippen LogP contribution is -3.00. The van der Waals surface area contributed by atoms with Crippen LogP contribution in [0.2, 0.25) is 0 Å². The minimum absolute atomic E-state index is 0. The van der Waals surface area contributed by atoms with Crippen molar-refractivity contribution in [1.82, 2.24) is 4.57 Å². The number of hydrogen-bond acceptors (Lipinski definition) is 5. The van der Waals surface area contributed by atoms with Crippen LogP contribution in [0.1, 0.15) is 26.1 Å². The Labute approximate surface area is 123 Å². The van der Waals surface area contributed by atoms with E-state index in [1.807, 2.05) is 7.05 Å². The first-order chi connectivity index (χ1) is 8.88. The largest absolute Gasteiger partial charge is 1.00 e. The molecule has 1 aromatic rings. The van der Waals surface area contributed by atoms with E-state index in [1.54, 1.807) is 35.4 Å². The molecule has 20 heavy (non-hydrogen) atoms. The second-order valence-corrected chi connectivity index (χ2v) is 4.84. The monoisotopic (exact) mass is 306 g/mol. The molecule has 1 N–H and O–H groups in total. The summed E-state index contributed by atoms with van der Waals surface area (Å²) in [5, 5.41) is 22.3. The van der Waals surface area contributed by atoms with Crippen LogP contribution in [0.3, 0.4) is 0 Å². The molecule has 0 aromatic carbocycles. The van der Waals surface area contributed by atoms with Crippen LogP contribution in [-0.4, -0.2) is 33.1 Å². The molecule has 9 heteroatoms. The number of halogens is 1. The van der Waals surface area contributed by atoms with E-state index in [0.717, 1.165) is 0 Å². The summed E-state index contributed by atoms with van der Waals surface area (Å²) in [4.78, 5) is 10.4. The first-order valence-corrected chi connectivity index (χ1v) is 5.83. The number of ether oxygens (including phenoxy) is 1. The summed E-state index contributed by atoms with van der Waals surface area (Å²) < 4.78 is 8.91. The van der Waals surface area contributed by atoms with Gasteiger partial charge in [0.1, 0.15) is 12.4 Å². The molecule has 0 unspecified atom stereocenters. The van der Waals surface area contributed by atoms with Crippen molar-refractivity contribution in [2.75, 3.05) is 6.61 Å². The lowest BCUT2D eigenvalue weighted by atomic mass is 10.0. The molecule has 0 amide bonds. The molecule has 0 saturated carbocycles. The molecule has 0 spiro atoms. The fourth-order valence-corrected chi connectivity index (χ4v) is 1.44. The quantitative estimate of drug-likeness (QED) is 0.151. The average molecular weight is 307 g/mol. The zero-order valence-electron chi connectivity index (χ0n) is 11.7. The summed E-state index contributed by atoms with van der Waals surface area (Å²) in [7, 11) is 1.81. The number of hydrogen-bond donors (Lipinski definition) is 1. The fourth-order valence-electron chi connectivity index (χ4n) is 1.44. The highest BCUT2D eigenvalue weighted by molar-refractivity contribution is 5.72. The second kappa shape index (κ2) is 7.81. The lowest BCUT2D eigenvalue weighted by Gasteiger charge is -2.14. The molecule has 0 atom stereocenters. The summed E-state index contributed by atoms with van der Waals surface area (Å²) in [5.41, 5.74) is -0.989. The summed E-state index contributed by atoms with van der Waals surface area (Å²) in [6.07, 6.45) is 5.19. The highest BCUT2D eigenvalue weighted by atomic mass is 35.5. The van der Waals surface area contributed by atoms with E-state index in [0.29, 0.717) is 12.2 Å². The molecule has 0 aliphatic rings. The molecular formula is C11H19ClN4O4. The first-order valence-electron chi connectivity index (χ1n) is 5.83. The van der Waals surface area contributed by atoms with Crippen molar-refractivity contribution in [2.24, 2.45) is 12.2 Å². The van der Waals surface area contributed by atoms with Crippen molar-refractivity contribution in [2.45, 2.75) is 32.5 Å². The van der Waals surface area contributed by atoms with Gasteiger partial charge in [0.15, 0.2) is 12.9 Å². The van der Waals surface area contributed by atoms with Crippen molar-refractivity contribution in [3.8, 4) is 0 Å². The zero-order chi connectivity index (χ0) is 14.5.